The highest BCUT2D eigenvalue weighted by atomic mass is 35.5. The van der Waals surface area contributed by atoms with Gasteiger partial charge in [-0.05, 0) is 6.42 Å². The van der Waals surface area contributed by atoms with Gasteiger partial charge in [-0.3, -0.25) is 4.79 Å². The first-order valence-corrected chi connectivity index (χ1v) is 4.42. The van der Waals surface area contributed by atoms with Crippen molar-refractivity contribution in [1.29, 1.82) is 0 Å². The highest BCUT2D eigenvalue weighted by molar-refractivity contribution is 5.69. The Balaban J connectivity index is 0. The monoisotopic (exact) mass is 209 g/mol. The lowest BCUT2D eigenvalue weighted by Gasteiger charge is -2.23. The normalized spacial score (nSPS) is 10.5. The summed E-state index contributed by atoms with van der Waals surface area (Å²) in [5.41, 5.74) is 0. The zero-order chi connectivity index (χ0) is 9.61. The lowest BCUT2D eigenvalue weighted by Crippen LogP contribution is -3.00. The SMILES string of the molecule is CCCC(=O)OCC[N+](C)(C)C.[Cl-]. The third kappa shape index (κ3) is 11.7. The number of hydrogen-bond donors (Lipinski definition) is 0. The summed E-state index contributed by atoms with van der Waals surface area (Å²) in [5.74, 6) is -0.0778. The zero-order valence-corrected chi connectivity index (χ0v) is 9.73. The second-order valence-corrected chi connectivity index (χ2v) is 3.98. The van der Waals surface area contributed by atoms with E-state index in [1.165, 1.54) is 0 Å². The number of carbonyl (C=O) groups excluding carboxylic acids is 1. The van der Waals surface area contributed by atoms with Crippen molar-refractivity contribution in [2.45, 2.75) is 19.8 Å². The fourth-order valence-corrected chi connectivity index (χ4v) is 0.710. The first-order chi connectivity index (χ1) is 5.45. The Labute approximate surface area is 87.1 Å². The summed E-state index contributed by atoms with van der Waals surface area (Å²) in [6.07, 6.45) is 1.40. The Hall–Kier alpha value is -0.280. The summed E-state index contributed by atoms with van der Waals surface area (Å²) in [5, 5.41) is 0. The molecule has 0 aliphatic heterocycles. The fraction of sp³-hybridized carbons (Fsp3) is 0.889. The predicted octanol–water partition coefficient (Wildman–Crippen LogP) is -1.96. The number of esters is 1. The number of nitrogens with zero attached hydrogens (tertiary/aromatic N) is 1. The van der Waals surface area contributed by atoms with Gasteiger partial charge in [-0.1, -0.05) is 6.92 Å². The molecule has 0 amide bonds. The molecule has 0 unspecified atom stereocenters. The van der Waals surface area contributed by atoms with Crippen LogP contribution in [-0.4, -0.2) is 44.7 Å². The van der Waals surface area contributed by atoms with Gasteiger partial charge >= 0.3 is 5.97 Å². The first-order valence-electron chi connectivity index (χ1n) is 4.42. The van der Waals surface area contributed by atoms with E-state index in [4.69, 9.17) is 4.74 Å². The Morgan fingerprint density at radius 3 is 2.23 bits per heavy atom. The third-order valence-corrected chi connectivity index (χ3v) is 1.48. The topological polar surface area (TPSA) is 26.3 Å². The zero-order valence-electron chi connectivity index (χ0n) is 8.97. The average molecular weight is 210 g/mol. The van der Waals surface area contributed by atoms with Crippen LogP contribution in [0.5, 0.6) is 0 Å². The van der Waals surface area contributed by atoms with Gasteiger partial charge in [-0.25, -0.2) is 0 Å². The maximum atomic E-state index is 10.9. The van der Waals surface area contributed by atoms with E-state index in [0.717, 1.165) is 17.4 Å². The molecule has 0 aliphatic carbocycles. The minimum Gasteiger partial charge on any atom is -1.00 e. The van der Waals surface area contributed by atoms with Crippen molar-refractivity contribution in [3.63, 3.8) is 0 Å². The molecule has 4 heteroatoms. The number of hydrogen-bond acceptors (Lipinski definition) is 2. The van der Waals surface area contributed by atoms with E-state index in [1.807, 2.05) is 6.92 Å². The van der Waals surface area contributed by atoms with Crippen LogP contribution in [0.3, 0.4) is 0 Å². The lowest BCUT2D eigenvalue weighted by molar-refractivity contribution is -0.870. The number of ether oxygens (including phenoxy) is 1. The van der Waals surface area contributed by atoms with Crippen molar-refractivity contribution in [3.05, 3.63) is 0 Å². The lowest BCUT2D eigenvalue weighted by atomic mass is 10.3. The molecule has 0 fully saturated rings. The van der Waals surface area contributed by atoms with E-state index in [-0.39, 0.29) is 18.4 Å². The molecule has 0 N–H and O–H groups in total. The van der Waals surface area contributed by atoms with Crippen LogP contribution in [-0.2, 0) is 9.53 Å². The second-order valence-electron chi connectivity index (χ2n) is 3.98. The Bertz CT molecular complexity index is 143. The summed E-state index contributed by atoms with van der Waals surface area (Å²) >= 11 is 0. The van der Waals surface area contributed by atoms with Crippen LogP contribution in [0.1, 0.15) is 19.8 Å². The smallest absolute Gasteiger partial charge is 0.305 e. The Morgan fingerprint density at radius 2 is 1.85 bits per heavy atom. The van der Waals surface area contributed by atoms with Gasteiger partial charge in [0.2, 0.25) is 0 Å². The number of likely N-dealkylation sites (N-methyl/N-ethyl adjacent to an activating group) is 1. The van der Waals surface area contributed by atoms with Gasteiger partial charge < -0.3 is 21.6 Å². The van der Waals surface area contributed by atoms with E-state index in [2.05, 4.69) is 21.1 Å². The summed E-state index contributed by atoms with van der Waals surface area (Å²) < 4.78 is 5.84. The van der Waals surface area contributed by atoms with Crippen LogP contribution in [0.4, 0.5) is 0 Å². The van der Waals surface area contributed by atoms with Crippen LogP contribution in [0.15, 0.2) is 0 Å². The van der Waals surface area contributed by atoms with Crippen molar-refractivity contribution >= 4 is 5.97 Å². The van der Waals surface area contributed by atoms with Crippen molar-refractivity contribution in [2.75, 3.05) is 34.3 Å². The van der Waals surface area contributed by atoms with Gasteiger partial charge in [0.1, 0.15) is 13.2 Å². The molecule has 0 heterocycles. The average Bonchev–Trinajstić information content (AvgIpc) is 1.84. The van der Waals surface area contributed by atoms with Gasteiger partial charge in [-0.15, -0.1) is 0 Å². The number of halogens is 1. The molecular formula is C9H20ClNO2. The molecule has 3 nitrogen and oxygen atoms in total. The number of rotatable bonds is 5. The Morgan fingerprint density at radius 1 is 1.31 bits per heavy atom. The first kappa shape index (κ1) is 15.2. The molecule has 13 heavy (non-hydrogen) atoms. The highest BCUT2D eigenvalue weighted by Crippen LogP contribution is 1.93. The molecular weight excluding hydrogens is 190 g/mol. The van der Waals surface area contributed by atoms with Crippen molar-refractivity contribution in [1.82, 2.24) is 0 Å². The van der Waals surface area contributed by atoms with E-state index in [1.54, 1.807) is 0 Å². The van der Waals surface area contributed by atoms with E-state index >= 15 is 0 Å². The molecule has 80 valence electrons. The number of quaternary nitrogens is 1. The van der Waals surface area contributed by atoms with Gasteiger partial charge in [0, 0.05) is 6.42 Å². The third-order valence-electron chi connectivity index (χ3n) is 1.48. The predicted molar refractivity (Wildman–Crippen MR) is 48.8 cm³/mol. The molecule has 0 radical (unpaired) electrons. The largest absolute Gasteiger partial charge is 1.00 e. The van der Waals surface area contributed by atoms with E-state index in [0.29, 0.717) is 13.0 Å². The molecule has 0 atom stereocenters. The summed E-state index contributed by atoms with van der Waals surface area (Å²) in [6, 6.07) is 0. The minimum atomic E-state index is -0.0778. The van der Waals surface area contributed by atoms with E-state index < -0.39 is 0 Å². The van der Waals surface area contributed by atoms with Crippen molar-refractivity contribution < 1.29 is 26.4 Å². The molecule has 0 aliphatic rings. The molecule has 0 rings (SSSR count). The molecule has 0 spiro atoms. The van der Waals surface area contributed by atoms with Crippen molar-refractivity contribution in [2.24, 2.45) is 0 Å². The fourth-order valence-electron chi connectivity index (χ4n) is 0.710. The summed E-state index contributed by atoms with van der Waals surface area (Å²) in [6.45, 7) is 3.37. The molecule has 0 aromatic rings. The second kappa shape index (κ2) is 7.15. The quantitative estimate of drug-likeness (QED) is 0.388. The minimum absolute atomic E-state index is 0. The molecule has 0 aromatic carbocycles. The van der Waals surface area contributed by atoms with Crippen molar-refractivity contribution in [3.8, 4) is 0 Å². The summed E-state index contributed by atoms with van der Waals surface area (Å²) in [7, 11) is 6.23. The van der Waals surface area contributed by atoms with Crippen LogP contribution in [0, 0.1) is 0 Å². The Kier molecular flexibility index (Phi) is 8.37. The van der Waals surface area contributed by atoms with Gasteiger partial charge in [0.25, 0.3) is 0 Å². The number of carbonyl (C=O) groups is 1. The van der Waals surface area contributed by atoms with E-state index in [9.17, 15) is 4.79 Å². The van der Waals surface area contributed by atoms with Crippen LogP contribution < -0.4 is 12.4 Å². The molecule has 0 bridgehead atoms. The standard InChI is InChI=1S/C9H20NO2.ClH/c1-5-6-9(11)12-8-7-10(2,3)4;/h5-8H2,1-4H3;1H/q+1;/p-1. The van der Waals surface area contributed by atoms with Crippen LogP contribution >= 0.6 is 0 Å². The van der Waals surface area contributed by atoms with Crippen LogP contribution in [0.2, 0.25) is 0 Å². The van der Waals surface area contributed by atoms with Gasteiger partial charge in [-0.2, -0.15) is 0 Å². The van der Waals surface area contributed by atoms with Crippen LogP contribution in [0.25, 0.3) is 0 Å². The molecule has 0 saturated carbocycles. The maximum absolute atomic E-state index is 10.9. The molecule has 0 saturated heterocycles. The van der Waals surface area contributed by atoms with Gasteiger partial charge in [0.15, 0.2) is 0 Å². The molecule has 0 aromatic heterocycles. The maximum Gasteiger partial charge on any atom is 0.305 e. The highest BCUT2D eigenvalue weighted by Gasteiger charge is 2.08. The van der Waals surface area contributed by atoms with Gasteiger partial charge in [0.05, 0.1) is 21.1 Å². The summed E-state index contributed by atoms with van der Waals surface area (Å²) in [4.78, 5) is 10.9.